The summed E-state index contributed by atoms with van der Waals surface area (Å²) < 4.78 is 5.41. The summed E-state index contributed by atoms with van der Waals surface area (Å²) in [4.78, 5) is 11.1. The summed E-state index contributed by atoms with van der Waals surface area (Å²) in [5.74, 6) is 2.51. The number of aromatic nitrogens is 3. The largest absolute Gasteiger partial charge is 0.339 e. The first-order valence-corrected chi connectivity index (χ1v) is 9.21. The lowest BCUT2D eigenvalue weighted by Crippen LogP contribution is -2.46. The Labute approximate surface area is 154 Å². The highest BCUT2D eigenvalue weighted by molar-refractivity contribution is 5.51. The van der Waals surface area contributed by atoms with Gasteiger partial charge in [-0.25, -0.2) is 0 Å². The molecule has 1 aliphatic heterocycles. The van der Waals surface area contributed by atoms with Gasteiger partial charge >= 0.3 is 0 Å². The highest BCUT2D eigenvalue weighted by atomic mass is 16.5. The standard InChI is InChI=1S/C21H24N4O/c1-15(2)18-7-5-16(6-8-18)12-25-13-17(14-25)10-20-23-21(24-26-20)19-4-3-9-22-11-19/h3-9,11,15,17H,10,12-14H2,1-2H3. The smallest absolute Gasteiger partial charge is 0.227 e. The summed E-state index contributed by atoms with van der Waals surface area (Å²) in [7, 11) is 0. The van der Waals surface area contributed by atoms with Crippen LogP contribution in [0.25, 0.3) is 11.4 Å². The first kappa shape index (κ1) is 16.9. The van der Waals surface area contributed by atoms with Gasteiger partial charge < -0.3 is 4.52 Å². The van der Waals surface area contributed by atoms with Gasteiger partial charge in [0.1, 0.15) is 0 Å². The number of pyridine rings is 1. The third-order valence-corrected chi connectivity index (χ3v) is 4.94. The molecule has 5 heteroatoms. The zero-order valence-corrected chi connectivity index (χ0v) is 15.3. The number of nitrogens with zero attached hydrogens (tertiary/aromatic N) is 4. The maximum Gasteiger partial charge on any atom is 0.227 e. The van der Waals surface area contributed by atoms with Crippen LogP contribution in [0.4, 0.5) is 0 Å². The molecule has 0 radical (unpaired) electrons. The van der Waals surface area contributed by atoms with Crippen LogP contribution in [0.5, 0.6) is 0 Å². The summed E-state index contributed by atoms with van der Waals surface area (Å²) >= 11 is 0. The van der Waals surface area contributed by atoms with Crippen LogP contribution in [0.15, 0.2) is 53.3 Å². The predicted octanol–water partition coefficient (Wildman–Crippen LogP) is 3.93. The first-order chi connectivity index (χ1) is 12.7. The summed E-state index contributed by atoms with van der Waals surface area (Å²) in [6.07, 6.45) is 4.34. The molecule has 1 saturated heterocycles. The van der Waals surface area contributed by atoms with Crippen molar-refractivity contribution in [2.24, 2.45) is 5.92 Å². The van der Waals surface area contributed by atoms with E-state index in [9.17, 15) is 0 Å². The molecular weight excluding hydrogens is 324 g/mol. The van der Waals surface area contributed by atoms with Crippen molar-refractivity contribution < 1.29 is 4.52 Å². The van der Waals surface area contributed by atoms with Gasteiger partial charge in [0.15, 0.2) is 0 Å². The van der Waals surface area contributed by atoms with Crippen LogP contribution in [0.1, 0.15) is 36.8 Å². The molecule has 2 aromatic heterocycles. The molecule has 3 heterocycles. The van der Waals surface area contributed by atoms with E-state index in [4.69, 9.17) is 4.52 Å². The summed E-state index contributed by atoms with van der Waals surface area (Å²) in [6, 6.07) is 12.8. The molecule has 0 aliphatic carbocycles. The topological polar surface area (TPSA) is 55.1 Å². The molecule has 0 unspecified atom stereocenters. The van der Waals surface area contributed by atoms with Gasteiger partial charge in [0, 0.05) is 44.0 Å². The molecule has 1 aromatic carbocycles. The van der Waals surface area contributed by atoms with Crippen LogP contribution in [0, 0.1) is 5.92 Å². The third kappa shape index (κ3) is 3.83. The maximum absolute atomic E-state index is 5.41. The Morgan fingerprint density at radius 1 is 1.15 bits per heavy atom. The van der Waals surface area contributed by atoms with E-state index in [1.165, 1.54) is 11.1 Å². The van der Waals surface area contributed by atoms with Gasteiger partial charge in [0.2, 0.25) is 11.7 Å². The van der Waals surface area contributed by atoms with Gasteiger partial charge in [-0.3, -0.25) is 9.88 Å². The molecule has 5 nitrogen and oxygen atoms in total. The molecule has 0 amide bonds. The summed E-state index contributed by atoms with van der Waals surface area (Å²) in [5, 5.41) is 4.07. The van der Waals surface area contributed by atoms with Crippen molar-refractivity contribution in [3.8, 4) is 11.4 Å². The molecule has 0 spiro atoms. The van der Waals surface area contributed by atoms with E-state index in [0.717, 1.165) is 37.5 Å². The van der Waals surface area contributed by atoms with Gasteiger partial charge in [-0.15, -0.1) is 0 Å². The van der Waals surface area contributed by atoms with Crippen molar-refractivity contribution in [1.82, 2.24) is 20.0 Å². The predicted molar refractivity (Wildman–Crippen MR) is 101 cm³/mol. The Morgan fingerprint density at radius 3 is 2.65 bits per heavy atom. The Balaban J connectivity index is 1.27. The Hall–Kier alpha value is -2.53. The second-order valence-corrected chi connectivity index (χ2v) is 7.41. The molecule has 26 heavy (non-hydrogen) atoms. The third-order valence-electron chi connectivity index (χ3n) is 4.94. The fourth-order valence-electron chi connectivity index (χ4n) is 3.40. The van der Waals surface area contributed by atoms with Gasteiger partial charge in [-0.05, 0) is 35.1 Å². The molecule has 1 aliphatic rings. The molecule has 0 N–H and O–H groups in total. The van der Waals surface area contributed by atoms with E-state index < -0.39 is 0 Å². The highest BCUT2D eigenvalue weighted by Gasteiger charge is 2.28. The van der Waals surface area contributed by atoms with Crippen LogP contribution < -0.4 is 0 Å². The molecule has 0 atom stereocenters. The van der Waals surface area contributed by atoms with E-state index in [1.54, 1.807) is 12.4 Å². The fraction of sp³-hybridized carbons (Fsp3) is 0.381. The molecule has 0 saturated carbocycles. The quantitative estimate of drug-likeness (QED) is 0.675. The monoisotopic (exact) mass is 348 g/mol. The van der Waals surface area contributed by atoms with Crippen molar-refractivity contribution in [3.05, 3.63) is 65.8 Å². The van der Waals surface area contributed by atoms with Crippen molar-refractivity contribution in [1.29, 1.82) is 0 Å². The average Bonchev–Trinajstić information content (AvgIpc) is 3.10. The van der Waals surface area contributed by atoms with Crippen LogP contribution in [-0.4, -0.2) is 33.1 Å². The van der Waals surface area contributed by atoms with Crippen molar-refractivity contribution in [3.63, 3.8) is 0 Å². The zero-order valence-electron chi connectivity index (χ0n) is 15.3. The number of benzene rings is 1. The van der Waals surface area contributed by atoms with E-state index in [-0.39, 0.29) is 0 Å². The highest BCUT2D eigenvalue weighted by Crippen LogP contribution is 2.24. The molecule has 3 aromatic rings. The van der Waals surface area contributed by atoms with Crippen LogP contribution in [0.2, 0.25) is 0 Å². The second kappa shape index (κ2) is 7.38. The van der Waals surface area contributed by atoms with Gasteiger partial charge in [-0.1, -0.05) is 43.3 Å². The number of hydrogen-bond acceptors (Lipinski definition) is 5. The zero-order chi connectivity index (χ0) is 17.9. The van der Waals surface area contributed by atoms with Crippen molar-refractivity contribution in [2.75, 3.05) is 13.1 Å². The number of likely N-dealkylation sites (tertiary alicyclic amines) is 1. The lowest BCUT2D eigenvalue weighted by Gasteiger charge is -2.38. The fourth-order valence-corrected chi connectivity index (χ4v) is 3.40. The normalized spacial score (nSPS) is 15.3. The minimum absolute atomic E-state index is 0.586. The van der Waals surface area contributed by atoms with E-state index >= 15 is 0 Å². The Kier molecular flexibility index (Phi) is 4.80. The number of hydrogen-bond donors (Lipinski definition) is 0. The minimum Gasteiger partial charge on any atom is -0.339 e. The maximum atomic E-state index is 5.41. The van der Waals surface area contributed by atoms with Crippen molar-refractivity contribution >= 4 is 0 Å². The molecule has 0 bridgehead atoms. The van der Waals surface area contributed by atoms with E-state index in [2.05, 4.69) is 58.1 Å². The number of rotatable bonds is 6. The lowest BCUT2D eigenvalue weighted by atomic mass is 9.95. The first-order valence-electron chi connectivity index (χ1n) is 9.21. The molecule has 4 rings (SSSR count). The Morgan fingerprint density at radius 2 is 1.96 bits per heavy atom. The van der Waals surface area contributed by atoms with Gasteiger partial charge in [0.05, 0.1) is 0 Å². The van der Waals surface area contributed by atoms with Crippen LogP contribution in [0.3, 0.4) is 0 Å². The Bertz CT molecular complexity index is 836. The van der Waals surface area contributed by atoms with E-state index in [1.807, 2.05) is 12.1 Å². The molecular formula is C21H24N4O. The van der Waals surface area contributed by atoms with Gasteiger partial charge in [0.25, 0.3) is 0 Å². The average molecular weight is 348 g/mol. The van der Waals surface area contributed by atoms with Crippen molar-refractivity contribution in [2.45, 2.75) is 32.7 Å². The van der Waals surface area contributed by atoms with E-state index in [0.29, 0.717) is 17.7 Å². The van der Waals surface area contributed by atoms with Gasteiger partial charge in [-0.2, -0.15) is 4.98 Å². The minimum atomic E-state index is 0.586. The SMILES string of the molecule is CC(C)c1ccc(CN2CC(Cc3nc(-c4cccnc4)no3)C2)cc1. The van der Waals surface area contributed by atoms with Crippen LogP contribution >= 0.6 is 0 Å². The molecule has 134 valence electrons. The van der Waals surface area contributed by atoms with Crippen LogP contribution in [-0.2, 0) is 13.0 Å². The summed E-state index contributed by atoms with van der Waals surface area (Å²) in [5.41, 5.74) is 3.67. The lowest BCUT2D eigenvalue weighted by molar-refractivity contribution is 0.0866. The molecule has 1 fully saturated rings. The second-order valence-electron chi connectivity index (χ2n) is 7.41. The summed E-state index contributed by atoms with van der Waals surface area (Å²) in [6.45, 7) is 7.63.